The Hall–Kier alpha value is -3.99. The number of rotatable bonds is 8. The van der Waals surface area contributed by atoms with Gasteiger partial charge < -0.3 is 15.4 Å². The number of aromatic nitrogens is 4. The standard InChI is InChI=1S/C28H30N6O4S/c1-18-13-20(4-7-23(18)28(35)32-21-5-6-21)25-17-31-27-24(30-15-19-8-11-39(36,37)12-9-19)14-26(33-34(25)27)38-22-3-2-10-29-16-22/h2-4,7,10,13-14,16-17,19,21,30H,5-6,8-9,11-12,15H2,1H3,(H,32,35). The molecule has 1 saturated heterocycles. The van der Waals surface area contributed by atoms with Gasteiger partial charge in [0.2, 0.25) is 5.88 Å². The second-order valence-electron chi connectivity index (χ2n) is 10.3. The van der Waals surface area contributed by atoms with Crippen LogP contribution < -0.4 is 15.4 Å². The molecule has 3 aromatic heterocycles. The van der Waals surface area contributed by atoms with Gasteiger partial charge in [0.1, 0.15) is 15.6 Å². The van der Waals surface area contributed by atoms with E-state index in [0.717, 1.165) is 35.3 Å². The van der Waals surface area contributed by atoms with E-state index < -0.39 is 9.84 Å². The SMILES string of the molecule is Cc1cc(-c2cnc3c(NCC4CCS(=O)(=O)CC4)cc(Oc4cccnc4)nn23)ccc1C(=O)NC1CC1. The van der Waals surface area contributed by atoms with Gasteiger partial charge in [-0.15, -0.1) is 5.10 Å². The van der Waals surface area contributed by atoms with Crippen molar-refractivity contribution in [1.82, 2.24) is 24.9 Å². The van der Waals surface area contributed by atoms with Crippen molar-refractivity contribution < 1.29 is 17.9 Å². The fraction of sp³-hybridized carbons (Fsp3) is 0.357. The molecular formula is C28H30N6O4S. The summed E-state index contributed by atoms with van der Waals surface area (Å²) in [5.41, 5.74) is 4.52. The largest absolute Gasteiger partial charge is 0.436 e. The maximum atomic E-state index is 12.6. The van der Waals surface area contributed by atoms with Gasteiger partial charge in [0, 0.05) is 36.0 Å². The van der Waals surface area contributed by atoms with Crippen LogP contribution in [0.2, 0.25) is 0 Å². The van der Waals surface area contributed by atoms with E-state index in [-0.39, 0.29) is 23.3 Å². The molecule has 0 radical (unpaired) electrons. The Morgan fingerprint density at radius 1 is 1.10 bits per heavy atom. The van der Waals surface area contributed by atoms with E-state index in [1.165, 1.54) is 0 Å². The number of benzene rings is 1. The van der Waals surface area contributed by atoms with Crippen molar-refractivity contribution in [3.63, 3.8) is 0 Å². The van der Waals surface area contributed by atoms with Crippen LogP contribution in [0.25, 0.3) is 16.9 Å². The lowest BCUT2D eigenvalue weighted by molar-refractivity contribution is 0.0950. The summed E-state index contributed by atoms with van der Waals surface area (Å²) in [6.07, 6.45) is 8.39. The van der Waals surface area contributed by atoms with Crippen molar-refractivity contribution in [3.8, 4) is 22.9 Å². The summed E-state index contributed by atoms with van der Waals surface area (Å²) < 4.78 is 31.5. The molecule has 0 bridgehead atoms. The molecule has 1 saturated carbocycles. The maximum Gasteiger partial charge on any atom is 0.251 e. The number of fused-ring (bicyclic) bond motifs is 1. The number of nitrogens with zero attached hydrogens (tertiary/aromatic N) is 4. The van der Waals surface area contributed by atoms with Gasteiger partial charge in [-0.05, 0) is 68.4 Å². The third-order valence-corrected chi connectivity index (χ3v) is 8.95. The van der Waals surface area contributed by atoms with E-state index in [9.17, 15) is 13.2 Å². The molecule has 4 heterocycles. The van der Waals surface area contributed by atoms with E-state index in [1.54, 1.807) is 41.3 Å². The molecular weight excluding hydrogens is 516 g/mol. The van der Waals surface area contributed by atoms with Gasteiger partial charge in [-0.3, -0.25) is 9.78 Å². The van der Waals surface area contributed by atoms with Crippen LogP contribution in [-0.4, -0.2) is 58.0 Å². The highest BCUT2D eigenvalue weighted by Gasteiger charge is 2.25. The van der Waals surface area contributed by atoms with Crippen molar-refractivity contribution in [1.29, 1.82) is 0 Å². The number of imidazole rings is 1. The maximum absolute atomic E-state index is 12.6. The van der Waals surface area contributed by atoms with E-state index in [2.05, 4.69) is 20.6 Å². The highest BCUT2D eigenvalue weighted by Crippen LogP contribution is 2.30. The van der Waals surface area contributed by atoms with Crippen molar-refractivity contribution in [2.24, 2.45) is 5.92 Å². The molecule has 39 heavy (non-hydrogen) atoms. The molecule has 202 valence electrons. The van der Waals surface area contributed by atoms with E-state index in [1.807, 2.05) is 25.1 Å². The van der Waals surface area contributed by atoms with Crippen molar-refractivity contribution in [2.75, 3.05) is 23.4 Å². The molecule has 4 aromatic rings. The lowest BCUT2D eigenvalue weighted by Crippen LogP contribution is -2.27. The topological polar surface area (TPSA) is 128 Å². The fourth-order valence-corrected chi connectivity index (χ4v) is 6.41. The average molecular weight is 547 g/mol. The van der Waals surface area contributed by atoms with Gasteiger partial charge in [-0.2, -0.15) is 0 Å². The zero-order chi connectivity index (χ0) is 27.0. The Morgan fingerprint density at radius 2 is 1.92 bits per heavy atom. The lowest BCUT2D eigenvalue weighted by atomic mass is 10.0. The average Bonchev–Trinajstić information content (AvgIpc) is 3.63. The monoisotopic (exact) mass is 546 g/mol. The zero-order valence-electron chi connectivity index (χ0n) is 21.6. The van der Waals surface area contributed by atoms with E-state index >= 15 is 0 Å². The molecule has 11 heteroatoms. The lowest BCUT2D eigenvalue weighted by Gasteiger charge is -2.22. The number of anilines is 1. The predicted octanol–water partition coefficient (Wildman–Crippen LogP) is 4.02. The Morgan fingerprint density at radius 3 is 2.64 bits per heavy atom. The fourth-order valence-electron chi connectivity index (χ4n) is 4.82. The summed E-state index contributed by atoms with van der Waals surface area (Å²) in [6, 6.07) is 11.4. The molecule has 1 aliphatic heterocycles. The molecule has 2 aliphatic rings. The summed E-state index contributed by atoms with van der Waals surface area (Å²) in [5, 5.41) is 11.2. The number of nitrogens with one attached hydrogen (secondary N) is 2. The molecule has 1 amide bonds. The highest BCUT2D eigenvalue weighted by molar-refractivity contribution is 7.91. The quantitative estimate of drug-likeness (QED) is 0.339. The van der Waals surface area contributed by atoms with Gasteiger partial charge in [-0.25, -0.2) is 17.9 Å². The third kappa shape index (κ3) is 5.73. The summed E-state index contributed by atoms with van der Waals surface area (Å²) in [6.45, 7) is 2.55. The van der Waals surface area contributed by atoms with Gasteiger partial charge >= 0.3 is 0 Å². The van der Waals surface area contributed by atoms with E-state index in [0.29, 0.717) is 48.3 Å². The first-order valence-corrected chi connectivity index (χ1v) is 15.0. The van der Waals surface area contributed by atoms with Crippen molar-refractivity contribution in [3.05, 3.63) is 66.1 Å². The van der Waals surface area contributed by atoms with E-state index in [4.69, 9.17) is 9.84 Å². The van der Waals surface area contributed by atoms with Crippen LogP contribution in [0, 0.1) is 12.8 Å². The van der Waals surface area contributed by atoms with Gasteiger partial charge in [0.15, 0.2) is 5.65 Å². The minimum absolute atomic E-state index is 0.0491. The van der Waals surface area contributed by atoms with Crippen molar-refractivity contribution in [2.45, 2.75) is 38.6 Å². The Bertz CT molecular complexity index is 1620. The van der Waals surface area contributed by atoms with Gasteiger partial charge in [0.25, 0.3) is 5.91 Å². The number of ether oxygens (including phenoxy) is 1. The zero-order valence-corrected chi connectivity index (χ0v) is 22.4. The van der Waals surface area contributed by atoms with Crippen LogP contribution in [0.1, 0.15) is 41.6 Å². The van der Waals surface area contributed by atoms with Crippen molar-refractivity contribution >= 4 is 27.1 Å². The summed E-state index contributed by atoms with van der Waals surface area (Å²) in [4.78, 5) is 21.4. The number of hydrogen-bond donors (Lipinski definition) is 2. The smallest absolute Gasteiger partial charge is 0.251 e. The Balaban J connectivity index is 1.32. The van der Waals surface area contributed by atoms with Crippen LogP contribution >= 0.6 is 0 Å². The number of carbonyl (C=O) groups is 1. The number of hydrogen-bond acceptors (Lipinski definition) is 8. The number of aryl methyl sites for hydroxylation is 1. The Labute approximate surface area is 226 Å². The molecule has 2 fully saturated rings. The minimum Gasteiger partial charge on any atom is -0.436 e. The second-order valence-corrected chi connectivity index (χ2v) is 12.6. The molecule has 1 aliphatic carbocycles. The highest BCUT2D eigenvalue weighted by atomic mass is 32.2. The van der Waals surface area contributed by atoms with Crippen LogP contribution in [0.3, 0.4) is 0 Å². The number of sulfone groups is 1. The first-order valence-electron chi connectivity index (χ1n) is 13.2. The van der Waals surface area contributed by atoms with Crippen LogP contribution in [0.4, 0.5) is 5.69 Å². The third-order valence-electron chi connectivity index (χ3n) is 7.24. The number of amides is 1. The second kappa shape index (κ2) is 10.3. The van der Waals surface area contributed by atoms with Crippen LogP contribution in [0.15, 0.2) is 55.0 Å². The van der Waals surface area contributed by atoms with Crippen LogP contribution in [-0.2, 0) is 9.84 Å². The summed E-state index contributed by atoms with van der Waals surface area (Å²) >= 11 is 0. The minimum atomic E-state index is -2.92. The predicted molar refractivity (Wildman–Crippen MR) is 148 cm³/mol. The number of carbonyl (C=O) groups excluding carboxylic acids is 1. The first-order chi connectivity index (χ1) is 18.8. The van der Waals surface area contributed by atoms with Crippen LogP contribution in [0.5, 0.6) is 11.6 Å². The van der Waals surface area contributed by atoms with Gasteiger partial charge in [-0.1, -0.05) is 6.07 Å². The van der Waals surface area contributed by atoms with Gasteiger partial charge in [0.05, 0.1) is 35.3 Å². The molecule has 10 nitrogen and oxygen atoms in total. The molecule has 6 rings (SSSR count). The molecule has 0 atom stereocenters. The molecule has 1 aromatic carbocycles. The Kier molecular flexibility index (Phi) is 6.68. The molecule has 0 spiro atoms. The normalized spacial score (nSPS) is 17.2. The molecule has 0 unspecified atom stereocenters. The first kappa shape index (κ1) is 25.3. The number of pyridine rings is 1. The summed E-state index contributed by atoms with van der Waals surface area (Å²) in [7, 11) is -2.92. The molecule has 2 N–H and O–H groups in total. The summed E-state index contributed by atoms with van der Waals surface area (Å²) in [5.74, 6) is 1.56.